The third-order valence-corrected chi connectivity index (χ3v) is 1.86. The van der Waals surface area contributed by atoms with E-state index < -0.39 is 0 Å². The highest BCUT2D eigenvalue weighted by Gasteiger charge is 2.01. The maximum absolute atomic E-state index is 5.48. The molecule has 2 aromatic rings. The lowest BCUT2D eigenvalue weighted by molar-refractivity contribution is 0.800. The van der Waals surface area contributed by atoms with Gasteiger partial charge < -0.3 is 5.73 Å². The molecule has 0 aliphatic heterocycles. The standard InChI is InChI=1S/C9H11N5/c1-7-2-3-11-9(13-7)14-6-8(4-10)5-12-14/h2-3,5-6H,4,10H2,1H3. The molecule has 5 nitrogen and oxygen atoms in total. The summed E-state index contributed by atoms with van der Waals surface area (Å²) >= 11 is 0. The Morgan fingerprint density at radius 2 is 2.36 bits per heavy atom. The van der Waals surface area contributed by atoms with E-state index in [2.05, 4.69) is 15.1 Å². The summed E-state index contributed by atoms with van der Waals surface area (Å²) in [5.74, 6) is 0.574. The summed E-state index contributed by atoms with van der Waals surface area (Å²) in [4.78, 5) is 8.35. The lowest BCUT2D eigenvalue weighted by atomic mass is 10.4. The summed E-state index contributed by atoms with van der Waals surface area (Å²) in [6, 6.07) is 1.84. The van der Waals surface area contributed by atoms with Crippen molar-refractivity contribution in [2.75, 3.05) is 0 Å². The van der Waals surface area contributed by atoms with E-state index in [1.54, 1.807) is 17.1 Å². The van der Waals surface area contributed by atoms with Crippen LogP contribution in [0.15, 0.2) is 24.7 Å². The molecular formula is C9H11N5. The first-order chi connectivity index (χ1) is 6.79. The summed E-state index contributed by atoms with van der Waals surface area (Å²) in [6.45, 7) is 2.39. The minimum atomic E-state index is 0.478. The highest BCUT2D eigenvalue weighted by Crippen LogP contribution is 2.02. The number of aryl methyl sites for hydroxylation is 1. The van der Waals surface area contributed by atoms with Crippen LogP contribution in [-0.2, 0) is 6.54 Å². The Hall–Kier alpha value is -1.75. The van der Waals surface area contributed by atoms with Gasteiger partial charge in [-0.3, -0.25) is 0 Å². The average molecular weight is 189 g/mol. The van der Waals surface area contributed by atoms with Crippen LogP contribution in [0.2, 0.25) is 0 Å². The van der Waals surface area contributed by atoms with Gasteiger partial charge in [-0.25, -0.2) is 14.6 Å². The Morgan fingerprint density at radius 1 is 1.50 bits per heavy atom. The van der Waals surface area contributed by atoms with Gasteiger partial charge in [0, 0.05) is 30.2 Å². The van der Waals surface area contributed by atoms with Crippen LogP contribution < -0.4 is 5.73 Å². The molecular weight excluding hydrogens is 178 g/mol. The molecule has 0 unspecified atom stereocenters. The van der Waals surface area contributed by atoms with E-state index in [1.807, 2.05) is 19.2 Å². The van der Waals surface area contributed by atoms with Crippen LogP contribution in [0.3, 0.4) is 0 Å². The molecule has 0 aromatic carbocycles. The zero-order valence-corrected chi connectivity index (χ0v) is 7.88. The zero-order valence-electron chi connectivity index (χ0n) is 7.88. The van der Waals surface area contributed by atoms with Gasteiger partial charge in [0.1, 0.15) is 0 Å². The predicted molar refractivity (Wildman–Crippen MR) is 51.8 cm³/mol. The van der Waals surface area contributed by atoms with E-state index in [0.29, 0.717) is 12.5 Å². The summed E-state index contributed by atoms with van der Waals surface area (Å²) in [5.41, 5.74) is 7.36. The normalized spacial score (nSPS) is 10.4. The molecule has 0 aliphatic carbocycles. The maximum Gasteiger partial charge on any atom is 0.250 e. The largest absolute Gasteiger partial charge is 0.326 e. The van der Waals surface area contributed by atoms with E-state index in [1.165, 1.54) is 0 Å². The van der Waals surface area contributed by atoms with Crippen LogP contribution in [-0.4, -0.2) is 19.7 Å². The Labute approximate surface area is 81.6 Å². The van der Waals surface area contributed by atoms with Gasteiger partial charge in [-0.1, -0.05) is 0 Å². The predicted octanol–water partition coefficient (Wildman–Crippen LogP) is 0.429. The third-order valence-electron chi connectivity index (χ3n) is 1.86. The van der Waals surface area contributed by atoms with Crippen LogP contribution in [0.5, 0.6) is 0 Å². The van der Waals surface area contributed by atoms with E-state index in [-0.39, 0.29) is 0 Å². The fraction of sp³-hybridized carbons (Fsp3) is 0.222. The molecule has 0 radical (unpaired) electrons. The topological polar surface area (TPSA) is 69.6 Å². The number of nitrogens with two attached hydrogens (primary N) is 1. The Bertz CT molecular complexity index is 434. The van der Waals surface area contributed by atoms with Gasteiger partial charge in [-0.2, -0.15) is 5.10 Å². The molecule has 2 heterocycles. The van der Waals surface area contributed by atoms with Crippen molar-refractivity contribution in [1.82, 2.24) is 19.7 Å². The van der Waals surface area contributed by atoms with Crippen molar-refractivity contribution in [3.63, 3.8) is 0 Å². The second-order valence-corrected chi connectivity index (χ2v) is 3.00. The van der Waals surface area contributed by atoms with E-state index >= 15 is 0 Å². The number of hydrogen-bond acceptors (Lipinski definition) is 4. The summed E-state index contributed by atoms with van der Waals surface area (Å²) in [5, 5.41) is 4.11. The maximum atomic E-state index is 5.48. The SMILES string of the molecule is Cc1ccnc(-n2cc(CN)cn2)n1. The molecule has 2 aromatic heterocycles. The molecule has 0 saturated heterocycles. The molecule has 5 heteroatoms. The number of aromatic nitrogens is 4. The second-order valence-electron chi connectivity index (χ2n) is 3.00. The van der Waals surface area contributed by atoms with Gasteiger partial charge >= 0.3 is 0 Å². The Morgan fingerprint density at radius 3 is 3.00 bits per heavy atom. The monoisotopic (exact) mass is 189 g/mol. The van der Waals surface area contributed by atoms with Crippen molar-refractivity contribution in [3.05, 3.63) is 35.9 Å². The van der Waals surface area contributed by atoms with Crippen molar-refractivity contribution in [2.45, 2.75) is 13.5 Å². The second kappa shape index (κ2) is 3.55. The van der Waals surface area contributed by atoms with Crippen molar-refractivity contribution in [2.24, 2.45) is 5.73 Å². The van der Waals surface area contributed by atoms with Gasteiger partial charge in [0.15, 0.2) is 0 Å². The molecule has 0 bridgehead atoms. The molecule has 72 valence electrons. The highest BCUT2D eigenvalue weighted by atomic mass is 15.3. The minimum Gasteiger partial charge on any atom is -0.326 e. The molecule has 0 aliphatic rings. The van der Waals surface area contributed by atoms with Gasteiger partial charge in [-0.05, 0) is 13.0 Å². The Balaban J connectivity index is 2.39. The van der Waals surface area contributed by atoms with Crippen molar-refractivity contribution < 1.29 is 0 Å². The smallest absolute Gasteiger partial charge is 0.250 e. The molecule has 2 rings (SSSR count). The molecule has 0 atom stereocenters. The molecule has 0 spiro atoms. The summed E-state index contributed by atoms with van der Waals surface area (Å²) in [7, 11) is 0. The number of nitrogens with zero attached hydrogens (tertiary/aromatic N) is 4. The summed E-state index contributed by atoms with van der Waals surface area (Å²) in [6.07, 6.45) is 5.25. The van der Waals surface area contributed by atoms with E-state index in [4.69, 9.17) is 5.73 Å². The summed E-state index contributed by atoms with van der Waals surface area (Å²) < 4.78 is 1.62. The van der Waals surface area contributed by atoms with Gasteiger partial charge in [-0.15, -0.1) is 0 Å². The third kappa shape index (κ3) is 1.62. The molecule has 14 heavy (non-hydrogen) atoms. The average Bonchev–Trinajstić information content (AvgIpc) is 2.66. The van der Waals surface area contributed by atoms with Crippen molar-refractivity contribution >= 4 is 0 Å². The van der Waals surface area contributed by atoms with Crippen LogP contribution in [0, 0.1) is 6.92 Å². The van der Waals surface area contributed by atoms with Crippen LogP contribution in [0.4, 0.5) is 0 Å². The van der Waals surface area contributed by atoms with Crippen molar-refractivity contribution in [3.8, 4) is 5.95 Å². The molecule has 0 amide bonds. The lowest BCUT2D eigenvalue weighted by Gasteiger charge is -1.98. The Kier molecular flexibility index (Phi) is 2.24. The first-order valence-corrected chi connectivity index (χ1v) is 4.33. The van der Waals surface area contributed by atoms with Gasteiger partial charge in [0.2, 0.25) is 0 Å². The molecule has 2 N–H and O–H groups in total. The highest BCUT2D eigenvalue weighted by molar-refractivity contribution is 5.15. The lowest BCUT2D eigenvalue weighted by Crippen LogP contribution is -2.02. The van der Waals surface area contributed by atoms with Crippen LogP contribution in [0.1, 0.15) is 11.3 Å². The molecule has 0 fully saturated rings. The van der Waals surface area contributed by atoms with E-state index in [9.17, 15) is 0 Å². The fourth-order valence-corrected chi connectivity index (χ4v) is 1.12. The number of rotatable bonds is 2. The fourth-order valence-electron chi connectivity index (χ4n) is 1.12. The quantitative estimate of drug-likeness (QED) is 0.743. The van der Waals surface area contributed by atoms with E-state index in [0.717, 1.165) is 11.3 Å². The van der Waals surface area contributed by atoms with Crippen LogP contribution in [0.25, 0.3) is 5.95 Å². The number of hydrogen-bond donors (Lipinski definition) is 1. The van der Waals surface area contributed by atoms with Crippen LogP contribution >= 0.6 is 0 Å². The van der Waals surface area contributed by atoms with Gasteiger partial charge in [0.05, 0.1) is 6.20 Å². The van der Waals surface area contributed by atoms with Crippen molar-refractivity contribution in [1.29, 1.82) is 0 Å². The zero-order chi connectivity index (χ0) is 9.97. The molecule has 0 saturated carbocycles. The first-order valence-electron chi connectivity index (χ1n) is 4.33. The minimum absolute atomic E-state index is 0.478. The van der Waals surface area contributed by atoms with Gasteiger partial charge in [0.25, 0.3) is 5.95 Å². The first kappa shape index (κ1) is 8.83.